The average molecular weight is 1090 g/mol. The van der Waals surface area contributed by atoms with Crippen molar-refractivity contribution in [1.29, 1.82) is 10.8 Å². The van der Waals surface area contributed by atoms with Crippen LogP contribution in [0.2, 0.25) is 0 Å². The fourth-order valence-electron chi connectivity index (χ4n) is 6.12. The smallest absolute Gasteiger partial charge is 0.246 e. The van der Waals surface area contributed by atoms with Gasteiger partial charge in [0.1, 0.15) is 44.3 Å². The maximum absolute atomic E-state index is 12.1. The van der Waals surface area contributed by atoms with Crippen molar-refractivity contribution >= 4 is 59.2 Å². The summed E-state index contributed by atoms with van der Waals surface area (Å²) in [5, 5.41) is 31.0. The molecule has 0 radical (unpaired) electrons. The fraction of sp³-hybridized carbons (Fsp3) is 0.792. The number of nitrogens with zero attached hydrogens (tertiary/aromatic N) is 2. The highest BCUT2D eigenvalue weighted by atomic mass is 16.5. The Hall–Kier alpha value is -5.64. The van der Waals surface area contributed by atoms with Gasteiger partial charge in [-0.2, -0.15) is 0 Å². The lowest BCUT2D eigenvalue weighted by molar-refractivity contribution is -0.127. The number of Topliss-reactive ketones (excluding diaryl/α,β-unsaturated/α-hetero) is 2. The minimum Gasteiger partial charge on any atom is -0.377 e. The van der Waals surface area contributed by atoms with Gasteiger partial charge in [0.05, 0.1) is 91.9 Å². The molecule has 0 aliphatic heterocycles. The summed E-state index contributed by atoms with van der Waals surface area (Å²) in [5.41, 5.74) is 5.34. The number of nitrogens with two attached hydrogens (primary N) is 1. The molecular formula is C48H86N10O18. The standard InChI is InChI=1S/C48H86N8O18.N2/c1-38(58)12-13-40(33-57)8-3-5-14-50-44(62)34-71-28-26-69-22-18-54-46(64)36-73-30-24-67-20-16-52-42(60)10-7-11-43(61)53-17-21-68-25-31-74-37-47(65)55-19-23-70-27-29-72-35-45(63)51-15-6-4-9-41(48(49)66)56-32-39(2)59;1-2/h33,40-41,56H,3-32,34-37H2,1-2H3,(H2,49,66)(H,50,62)(H,51,63)(H,52,60)(H,53,61)(H,54,64)(H,55,65);/t40-,41+;/m1./s1. The summed E-state index contributed by atoms with van der Waals surface area (Å²) in [6.45, 7) is 7.10. The van der Waals surface area contributed by atoms with Crippen molar-refractivity contribution in [3.8, 4) is 0 Å². The van der Waals surface area contributed by atoms with Crippen molar-refractivity contribution < 1.29 is 85.8 Å². The molecule has 0 bridgehead atoms. The molecular weight excluding hydrogens is 1000 g/mol. The first-order valence-corrected chi connectivity index (χ1v) is 25.6. The highest BCUT2D eigenvalue weighted by Crippen LogP contribution is 2.12. The molecule has 0 aliphatic carbocycles. The lowest BCUT2D eigenvalue weighted by Crippen LogP contribution is -2.43. The molecule has 0 aromatic carbocycles. The van der Waals surface area contributed by atoms with Crippen molar-refractivity contribution in [2.24, 2.45) is 11.7 Å². The van der Waals surface area contributed by atoms with Crippen LogP contribution in [0.15, 0.2) is 0 Å². The van der Waals surface area contributed by atoms with Crippen LogP contribution >= 0.6 is 0 Å². The Kier molecular flexibility index (Phi) is 51.6. The molecule has 0 heterocycles. The molecule has 76 heavy (non-hydrogen) atoms. The number of carbonyl (C=O) groups is 10. The summed E-state index contributed by atoms with van der Waals surface area (Å²) < 4.78 is 42.7. The zero-order chi connectivity index (χ0) is 56.7. The number of primary amides is 1. The SMILES string of the molecule is CC(=O)CC[C@H](C=O)CCCCNC(=O)COCCOCCNC(=O)COCCOCCNC(=O)CCCC(=O)NCCOCCOCC(=O)NCCOCCOCC(=O)NCCCC[C@H](NCC(C)=O)C(N)=O.N#N. The molecule has 0 rings (SSSR count). The summed E-state index contributed by atoms with van der Waals surface area (Å²) in [7, 11) is 0. The van der Waals surface area contributed by atoms with E-state index in [1.807, 2.05) is 0 Å². The predicted octanol–water partition coefficient (Wildman–Crippen LogP) is -2.43. The minimum absolute atomic E-state index is 0.0689. The zero-order valence-electron chi connectivity index (χ0n) is 44.6. The summed E-state index contributed by atoms with van der Waals surface area (Å²) >= 11 is 0. The van der Waals surface area contributed by atoms with Crippen LogP contribution in [0.1, 0.15) is 84.5 Å². The second-order valence-corrected chi connectivity index (χ2v) is 16.8. The number of ether oxygens (including phenoxy) is 8. The van der Waals surface area contributed by atoms with E-state index in [1.54, 1.807) is 0 Å². The van der Waals surface area contributed by atoms with Crippen molar-refractivity contribution in [3.63, 3.8) is 0 Å². The van der Waals surface area contributed by atoms with E-state index in [2.05, 4.69) is 37.2 Å². The van der Waals surface area contributed by atoms with E-state index in [0.29, 0.717) is 58.0 Å². The molecule has 0 saturated carbocycles. The number of amides is 7. The summed E-state index contributed by atoms with van der Waals surface area (Å²) in [4.78, 5) is 116. The number of rotatable bonds is 54. The van der Waals surface area contributed by atoms with Gasteiger partial charge >= 0.3 is 0 Å². The molecule has 0 fully saturated rings. The summed E-state index contributed by atoms with van der Waals surface area (Å²) in [6.07, 6.45) is 6.47. The maximum atomic E-state index is 12.1. The van der Waals surface area contributed by atoms with Gasteiger partial charge in [-0.3, -0.25) is 43.7 Å². The van der Waals surface area contributed by atoms with Gasteiger partial charge in [-0.15, -0.1) is 0 Å². The van der Waals surface area contributed by atoms with E-state index in [0.717, 1.165) is 19.1 Å². The first kappa shape index (κ1) is 72.4. The van der Waals surface area contributed by atoms with Crippen LogP contribution in [0.5, 0.6) is 0 Å². The fourth-order valence-corrected chi connectivity index (χ4v) is 6.12. The third-order valence-electron chi connectivity index (χ3n) is 10.1. The third-order valence-corrected chi connectivity index (χ3v) is 10.1. The van der Waals surface area contributed by atoms with Crippen LogP contribution in [0, 0.1) is 16.7 Å². The van der Waals surface area contributed by atoms with Gasteiger partial charge in [-0.25, -0.2) is 0 Å². The minimum atomic E-state index is -0.594. The van der Waals surface area contributed by atoms with Crippen molar-refractivity contribution in [2.45, 2.75) is 90.5 Å². The number of aldehydes is 1. The molecule has 2 atom stereocenters. The molecule has 28 nitrogen and oxygen atoms in total. The van der Waals surface area contributed by atoms with E-state index >= 15 is 0 Å². The average Bonchev–Trinajstić information content (AvgIpc) is 3.38. The Balaban J connectivity index is 0. The lowest BCUT2D eigenvalue weighted by atomic mass is 9.97. The monoisotopic (exact) mass is 1090 g/mol. The Morgan fingerprint density at radius 1 is 0.408 bits per heavy atom. The van der Waals surface area contributed by atoms with Gasteiger partial charge < -0.3 is 85.1 Å². The van der Waals surface area contributed by atoms with Gasteiger partial charge in [0.25, 0.3) is 0 Å². The molecule has 9 N–H and O–H groups in total. The Labute approximate surface area is 445 Å². The number of carbonyl (C=O) groups excluding carboxylic acids is 10. The van der Waals surface area contributed by atoms with E-state index in [-0.39, 0.29) is 204 Å². The van der Waals surface area contributed by atoms with E-state index < -0.39 is 11.9 Å². The highest BCUT2D eigenvalue weighted by molar-refractivity contribution is 5.82. The number of hydrogen-bond acceptors (Lipinski definition) is 21. The normalized spacial score (nSPS) is 11.5. The quantitative estimate of drug-likeness (QED) is 0.0178. The Bertz CT molecular complexity index is 1630. The van der Waals surface area contributed by atoms with Gasteiger partial charge in [0.2, 0.25) is 41.4 Å². The Morgan fingerprint density at radius 3 is 1.09 bits per heavy atom. The third kappa shape index (κ3) is 53.2. The number of ketones is 2. The second-order valence-electron chi connectivity index (χ2n) is 16.8. The van der Waals surface area contributed by atoms with Crippen LogP contribution in [-0.4, -0.2) is 217 Å². The highest BCUT2D eigenvalue weighted by Gasteiger charge is 2.15. The van der Waals surface area contributed by atoms with Crippen LogP contribution in [0.25, 0.3) is 0 Å². The predicted molar refractivity (Wildman–Crippen MR) is 271 cm³/mol. The zero-order valence-corrected chi connectivity index (χ0v) is 44.6. The van der Waals surface area contributed by atoms with Gasteiger partial charge in [0, 0.05) is 75.2 Å². The second kappa shape index (κ2) is 54.2. The van der Waals surface area contributed by atoms with Gasteiger partial charge in [0.15, 0.2) is 0 Å². The van der Waals surface area contributed by atoms with Gasteiger partial charge in [-0.1, -0.05) is 6.42 Å². The molecule has 436 valence electrons. The molecule has 0 spiro atoms. The molecule has 0 saturated heterocycles. The maximum Gasteiger partial charge on any atom is 0.246 e. The van der Waals surface area contributed by atoms with Crippen LogP contribution < -0.4 is 43.0 Å². The van der Waals surface area contributed by atoms with Crippen molar-refractivity contribution in [1.82, 2.24) is 37.2 Å². The Morgan fingerprint density at radius 2 is 0.750 bits per heavy atom. The summed E-state index contributed by atoms with van der Waals surface area (Å²) in [5.74, 6) is -2.28. The molecule has 7 amide bonds. The number of hydrogen-bond donors (Lipinski definition) is 8. The van der Waals surface area contributed by atoms with E-state index in [9.17, 15) is 47.9 Å². The first-order chi connectivity index (χ1) is 36.7. The largest absolute Gasteiger partial charge is 0.377 e. The van der Waals surface area contributed by atoms with E-state index in [4.69, 9.17) is 54.4 Å². The molecule has 0 aromatic heterocycles. The number of nitrogens with one attached hydrogen (secondary N) is 7. The summed E-state index contributed by atoms with van der Waals surface area (Å²) in [6, 6.07) is -0.594. The van der Waals surface area contributed by atoms with Crippen molar-refractivity contribution in [3.05, 3.63) is 0 Å². The molecule has 0 aliphatic rings. The van der Waals surface area contributed by atoms with E-state index in [1.165, 1.54) is 13.8 Å². The topological polar surface area (TPSA) is 402 Å². The number of unbranched alkanes of at least 4 members (excludes halogenated alkanes) is 2. The van der Waals surface area contributed by atoms with Crippen LogP contribution in [0.4, 0.5) is 0 Å². The molecule has 28 heteroatoms. The van der Waals surface area contributed by atoms with Crippen LogP contribution in [-0.2, 0) is 85.8 Å². The molecule has 0 unspecified atom stereocenters. The van der Waals surface area contributed by atoms with Crippen LogP contribution in [0.3, 0.4) is 0 Å². The van der Waals surface area contributed by atoms with Crippen molar-refractivity contribution in [2.75, 3.05) is 152 Å². The molecule has 0 aromatic rings. The first-order valence-electron chi connectivity index (χ1n) is 25.6. The van der Waals surface area contributed by atoms with Gasteiger partial charge in [-0.05, 0) is 58.8 Å². The lowest BCUT2D eigenvalue weighted by Gasteiger charge is -2.14.